The van der Waals surface area contributed by atoms with E-state index in [9.17, 15) is 0 Å². The Balaban J connectivity index is 2.00. The van der Waals surface area contributed by atoms with E-state index >= 15 is 0 Å². The molecule has 1 aliphatic rings. The highest BCUT2D eigenvalue weighted by atomic mass is 35.5. The summed E-state index contributed by atoms with van der Waals surface area (Å²) in [5.41, 5.74) is 7.93. The van der Waals surface area contributed by atoms with Gasteiger partial charge in [-0.15, -0.1) is 0 Å². The molecule has 0 saturated carbocycles. The second-order valence-corrected chi connectivity index (χ2v) is 4.76. The first-order chi connectivity index (χ1) is 8.29. The van der Waals surface area contributed by atoms with Gasteiger partial charge in [0, 0.05) is 24.7 Å². The number of nitrogens with two attached hydrogens (primary N) is 1. The molecule has 0 aromatic heterocycles. The minimum Gasteiger partial charge on any atom is -0.379 e. The lowest BCUT2D eigenvalue weighted by atomic mass is 10.1. The molecule has 0 aliphatic carbocycles. The molecule has 1 heterocycles. The summed E-state index contributed by atoms with van der Waals surface area (Å²) in [5.74, 6) is 0. The van der Waals surface area contributed by atoms with Crippen LogP contribution in [0.5, 0.6) is 0 Å². The topological polar surface area (TPSA) is 38.5 Å². The summed E-state index contributed by atoms with van der Waals surface area (Å²) in [6.45, 7) is 5.19. The Morgan fingerprint density at radius 1 is 1.29 bits per heavy atom. The summed E-state index contributed by atoms with van der Waals surface area (Å²) in [6, 6.07) is 6.27. The molecule has 94 valence electrons. The van der Waals surface area contributed by atoms with Crippen LogP contribution in [0.25, 0.3) is 0 Å². The summed E-state index contributed by atoms with van der Waals surface area (Å²) >= 11 is 6.29. The van der Waals surface area contributed by atoms with E-state index in [1.54, 1.807) is 0 Å². The molecular weight excluding hydrogens is 236 g/mol. The first-order valence-electron chi connectivity index (χ1n) is 6.07. The summed E-state index contributed by atoms with van der Waals surface area (Å²) in [4.78, 5) is 2.37. The van der Waals surface area contributed by atoms with Crippen molar-refractivity contribution in [2.45, 2.75) is 13.0 Å². The highest BCUT2D eigenvalue weighted by Gasteiger charge is 2.12. The predicted molar refractivity (Wildman–Crippen MR) is 70.3 cm³/mol. The maximum atomic E-state index is 6.29. The average Bonchev–Trinajstić information content (AvgIpc) is 2.34. The molecular formula is C13H19ClN2O. The summed E-state index contributed by atoms with van der Waals surface area (Å²) in [5, 5.41) is 0.849. The molecule has 3 nitrogen and oxygen atoms in total. The quantitative estimate of drug-likeness (QED) is 0.889. The van der Waals surface area contributed by atoms with Crippen molar-refractivity contribution in [3.8, 4) is 0 Å². The second-order valence-electron chi connectivity index (χ2n) is 4.35. The molecule has 0 spiro atoms. The number of hydrogen-bond donors (Lipinski definition) is 1. The van der Waals surface area contributed by atoms with Crippen molar-refractivity contribution in [3.05, 3.63) is 34.3 Å². The summed E-state index contributed by atoms with van der Waals surface area (Å²) in [6.07, 6.45) is 0.886. The molecule has 1 aromatic rings. The molecule has 4 heteroatoms. The minimum atomic E-state index is 0.666. The van der Waals surface area contributed by atoms with Crippen LogP contribution in [0.3, 0.4) is 0 Å². The molecule has 0 atom stereocenters. The van der Waals surface area contributed by atoms with Gasteiger partial charge in [-0.3, -0.25) is 4.90 Å². The molecule has 1 fully saturated rings. The van der Waals surface area contributed by atoms with E-state index < -0.39 is 0 Å². The Morgan fingerprint density at radius 3 is 2.71 bits per heavy atom. The molecule has 0 bridgehead atoms. The highest BCUT2D eigenvalue weighted by molar-refractivity contribution is 6.31. The van der Waals surface area contributed by atoms with Crippen LogP contribution in [-0.2, 0) is 17.7 Å². The zero-order chi connectivity index (χ0) is 12.1. The Kier molecular flexibility index (Phi) is 4.80. The number of benzene rings is 1. The largest absolute Gasteiger partial charge is 0.379 e. The Morgan fingerprint density at radius 2 is 2.06 bits per heavy atom. The maximum absolute atomic E-state index is 6.29. The van der Waals surface area contributed by atoms with E-state index in [-0.39, 0.29) is 0 Å². The standard InChI is InChI=1S/C13H19ClN2O/c14-13-9-11(3-4-15)1-2-12(13)10-16-5-7-17-8-6-16/h1-2,9H,3-8,10,15H2. The van der Waals surface area contributed by atoms with Crippen molar-refractivity contribution in [3.63, 3.8) is 0 Å². The summed E-state index contributed by atoms with van der Waals surface area (Å²) < 4.78 is 5.33. The Labute approximate surface area is 107 Å². The van der Waals surface area contributed by atoms with Gasteiger partial charge >= 0.3 is 0 Å². The number of halogens is 1. The number of morpholine rings is 1. The van der Waals surface area contributed by atoms with Crippen molar-refractivity contribution in [1.82, 2.24) is 4.90 Å². The number of rotatable bonds is 4. The Hall–Kier alpha value is -0.610. The van der Waals surface area contributed by atoms with Crippen molar-refractivity contribution in [2.24, 2.45) is 5.73 Å². The molecule has 0 radical (unpaired) electrons. The van der Waals surface area contributed by atoms with E-state index in [0.717, 1.165) is 44.3 Å². The summed E-state index contributed by atoms with van der Waals surface area (Å²) in [7, 11) is 0. The molecule has 0 unspecified atom stereocenters. The first-order valence-corrected chi connectivity index (χ1v) is 6.45. The van der Waals surface area contributed by atoms with Crippen LogP contribution in [0.2, 0.25) is 5.02 Å². The van der Waals surface area contributed by atoms with Crippen LogP contribution in [0.1, 0.15) is 11.1 Å². The maximum Gasteiger partial charge on any atom is 0.0594 e. The van der Waals surface area contributed by atoms with Gasteiger partial charge in [-0.25, -0.2) is 0 Å². The van der Waals surface area contributed by atoms with Crippen LogP contribution in [0.4, 0.5) is 0 Å². The molecule has 0 amide bonds. The minimum absolute atomic E-state index is 0.666. The third-order valence-corrected chi connectivity index (χ3v) is 3.40. The Bertz CT molecular complexity index is 364. The van der Waals surface area contributed by atoms with E-state index in [0.29, 0.717) is 6.54 Å². The fraction of sp³-hybridized carbons (Fsp3) is 0.538. The van der Waals surface area contributed by atoms with Crippen molar-refractivity contribution in [1.29, 1.82) is 0 Å². The lowest BCUT2D eigenvalue weighted by molar-refractivity contribution is 0.0342. The van der Waals surface area contributed by atoms with Gasteiger partial charge in [0.1, 0.15) is 0 Å². The average molecular weight is 255 g/mol. The van der Waals surface area contributed by atoms with Crippen LogP contribution in [0.15, 0.2) is 18.2 Å². The van der Waals surface area contributed by atoms with Crippen LogP contribution < -0.4 is 5.73 Å². The third kappa shape index (κ3) is 3.68. The molecule has 17 heavy (non-hydrogen) atoms. The number of hydrogen-bond acceptors (Lipinski definition) is 3. The SMILES string of the molecule is NCCc1ccc(CN2CCOCC2)c(Cl)c1. The van der Waals surface area contributed by atoms with Gasteiger partial charge in [-0.05, 0) is 30.2 Å². The lowest BCUT2D eigenvalue weighted by Crippen LogP contribution is -2.35. The van der Waals surface area contributed by atoms with Crippen molar-refractivity contribution >= 4 is 11.6 Å². The molecule has 1 aromatic carbocycles. The van der Waals surface area contributed by atoms with Gasteiger partial charge in [0.05, 0.1) is 13.2 Å². The van der Waals surface area contributed by atoms with E-state index in [1.165, 1.54) is 11.1 Å². The fourth-order valence-electron chi connectivity index (χ4n) is 2.04. The van der Waals surface area contributed by atoms with Gasteiger partial charge in [-0.2, -0.15) is 0 Å². The molecule has 1 saturated heterocycles. The van der Waals surface area contributed by atoms with Gasteiger partial charge in [0.15, 0.2) is 0 Å². The van der Waals surface area contributed by atoms with E-state index in [2.05, 4.69) is 17.0 Å². The molecule has 2 rings (SSSR count). The predicted octanol–water partition coefficient (Wildman–Crippen LogP) is 1.67. The lowest BCUT2D eigenvalue weighted by Gasteiger charge is -2.27. The van der Waals surface area contributed by atoms with Crippen LogP contribution >= 0.6 is 11.6 Å². The van der Waals surface area contributed by atoms with Gasteiger partial charge in [0.2, 0.25) is 0 Å². The van der Waals surface area contributed by atoms with Crippen LogP contribution in [0, 0.1) is 0 Å². The first kappa shape index (κ1) is 12.8. The number of ether oxygens (including phenoxy) is 1. The number of nitrogens with zero attached hydrogens (tertiary/aromatic N) is 1. The smallest absolute Gasteiger partial charge is 0.0594 e. The van der Waals surface area contributed by atoms with E-state index in [4.69, 9.17) is 22.1 Å². The van der Waals surface area contributed by atoms with Gasteiger partial charge in [-0.1, -0.05) is 23.7 Å². The normalized spacial score (nSPS) is 17.3. The van der Waals surface area contributed by atoms with E-state index in [1.807, 2.05) is 6.07 Å². The van der Waals surface area contributed by atoms with Crippen molar-refractivity contribution in [2.75, 3.05) is 32.8 Å². The van der Waals surface area contributed by atoms with Gasteiger partial charge < -0.3 is 10.5 Å². The monoisotopic (exact) mass is 254 g/mol. The second kappa shape index (κ2) is 6.36. The van der Waals surface area contributed by atoms with Gasteiger partial charge in [0.25, 0.3) is 0 Å². The molecule has 2 N–H and O–H groups in total. The van der Waals surface area contributed by atoms with Crippen molar-refractivity contribution < 1.29 is 4.74 Å². The zero-order valence-electron chi connectivity index (χ0n) is 9.99. The van der Waals surface area contributed by atoms with Crippen LogP contribution in [-0.4, -0.2) is 37.7 Å². The third-order valence-electron chi connectivity index (χ3n) is 3.05. The zero-order valence-corrected chi connectivity index (χ0v) is 10.7. The fourth-order valence-corrected chi connectivity index (χ4v) is 2.30. The molecule has 1 aliphatic heterocycles. The highest BCUT2D eigenvalue weighted by Crippen LogP contribution is 2.20.